The van der Waals surface area contributed by atoms with Crippen molar-refractivity contribution in [1.82, 2.24) is 5.32 Å². The lowest BCUT2D eigenvalue weighted by molar-refractivity contribution is -0.385. The molecule has 1 N–H and O–H groups in total. The van der Waals surface area contributed by atoms with Crippen LogP contribution in [0.5, 0.6) is 5.75 Å². The van der Waals surface area contributed by atoms with E-state index in [1.807, 2.05) is 0 Å². The third kappa shape index (κ3) is 3.83. The van der Waals surface area contributed by atoms with Crippen LogP contribution in [0.25, 0.3) is 0 Å². The highest BCUT2D eigenvalue weighted by Crippen LogP contribution is 2.34. The Balaban J connectivity index is 2.82. The highest BCUT2D eigenvalue weighted by Gasteiger charge is 2.17. The van der Waals surface area contributed by atoms with Gasteiger partial charge in [0.05, 0.1) is 9.40 Å². The number of hydrogen-bond donors (Lipinski definition) is 1. The van der Waals surface area contributed by atoms with Gasteiger partial charge in [0.15, 0.2) is 0 Å². The first-order valence-electron chi connectivity index (χ1n) is 4.93. The van der Waals surface area contributed by atoms with E-state index >= 15 is 0 Å². The Kier molecular flexibility index (Phi) is 5.11. The molecule has 0 amide bonds. The minimum absolute atomic E-state index is 0.0587. The summed E-state index contributed by atoms with van der Waals surface area (Å²) < 4.78 is 5.97. The summed E-state index contributed by atoms with van der Waals surface area (Å²) in [6.07, 6.45) is 0. The van der Waals surface area contributed by atoms with Gasteiger partial charge in [0.25, 0.3) is 0 Å². The molecule has 0 aliphatic rings. The number of likely N-dealkylation sites (N-methyl/N-ethyl adjacent to an activating group) is 1. The number of para-hydroxylation sites is 1. The van der Waals surface area contributed by atoms with Crippen molar-refractivity contribution in [3.63, 3.8) is 0 Å². The number of halogens is 1. The molecule has 0 spiro atoms. The molecule has 17 heavy (non-hydrogen) atoms. The molecule has 5 nitrogen and oxygen atoms in total. The van der Waals surface area contributed by atoms with Crippen molar-refractivity contribution in [1.29, 1.82) is 0 Å². The summed E-state index contributed by atoms with van der Waals surface area (Å²) in [4.78, 5) is 10.3. The van der Waals surface area contributed by atoms with Gasteiger partial charge in [-0.1, -0.05) is 12.6 Å². The van der Waals surface area contributed by atoms with E-state index in [9.17, 15) is 10.1 Å². The Labute approximate surface area is 108 Å². The molecular formula is C11H13BrN2O3. The van der Waals surface area contributed by atoms with Gasteiger partial charge < -0.3 is 10.1 Å². The highest BCUT2D eigenvalue weighted by atomic mass is 79.9. The standard InChI is InChI=1S/C11H13BrN2O3/c1-8(6-13-2)7-17-11-9(12)4-3-5-10(11)14(15)16/h3-5,13H,1,6-7H2,2H3. The van der Waals surface area contributed by atoms with Crippen molar-refractivity contribution in [3.8, 4) is 5.75 Å². The number of nitro benzene ring substituents is 1. The fourth-order valence-corrected chi connectivity index (χ4v) is 1.73. The number of benzene rings is 1. The number of nitrogens with one attached hydrogen (secondary N) is 1. The summed E-state index contributed by atoms with van der Waals surface area (Å²) in [7, 11) is 1.80. The summed E-state index contributed by atoms with van der Waals surface area (Å²) in [5, 5.41) is 13.7. The molecule has 1 aromatic rings. The zero-order valence-electron chi connectivity index (χ0n) is 9.40. The van der Waals surface area contributed by atoms with Gasteiger partial charge in [0, 0.05) is 12.6 Å². The largest absolute Gasteiger partial charge is 0.481 e. The Morgan fingerprint density at radius 2 is 2.35 bits per heavy atom. The molecule has 0 saturated carbocycles. The van der Waals surface area contributed by atoms with E-state index in [4.69, 9.17) is 4.74 Å². The molecule has 0 aliphatic heterocycles. The zero-order valence-corrected chi connectivity index (χ0v) is 11.0. The van der Waals surface area contributed by atoms with E-state index < -0.39 is 4.92 Å². The molecule has 0 saturated heterocycles. The van der Waals surface area contributed by atoms with Crippen LogP contribution in [-0.2, 0) is 0 Å². The number of nitro groups is 1. The topological polar surface area (TPSA) is 64.4 Å². The van der Waals surface area contributed by atoms with Crippen molar-refractivity contribution in [3.05, 3.63) is 44.9 Å². The molecule has 92 valence electrons. The maximum absolute atomic E-state index is 10.8. The van der Waals surface area contributed by atoms with E-state index in [-0.39, 0.29) is 18.0 Å². The minimum atomic E-state index is -0.471. The Morgan fingerprint density at radius 3 is 2.94 bits per heavy atom. The first-order valence-corrected chi connectivity index (χ1v) is 5.72. The fourth-order valence-electron chi connectivity index (χ4n) is 1.26. The number of hydrogen-bond acceptors (Lipinski definition) is 4. The molecule has 1 rings (SSSR count). The quantitative estimate of drug-likeness (QED) is 0.498. The summed E-state index contributed by atoms with van der Waals surface area (Å²) in [5.41, 5.74) is 0.759. The number of rotatable bonds is 6. The zero-order chi connectivity index (χ0) is 12.8. The lowest BCUT2D eigenvalue weighted by Gasteiger charge is -2.10. The average molecular weight is 301 g/mol. The number of nitrogens with zero attached hydrogens (tertiary/aromatic N) is 1. The van der Waals surface area contributed by atoms with Crippen LogP contribution in [0.3, 0.4) is 0 Å². The second-order valence-electron chi connectivity index (χ2n) is 3.41. The highest BCUT2D eigenvalue weighted by molar-refractivity contribution is 9.10. The van der Waals surface area contributed by atoms with Gasteiger partial charge in [-0.25, -0.2) is 0 Å². The summed E-state index contributed by atoms with van der Waals surface area (Å²) in [6.45, 7) is 4.64. The average Bonchev–Trinajstić information content (AvgIpc) is 2.27. The van der Waals surface area contributed by atoms with Crippen LogP contribution >= 0.6 is 15.9 Å². The van der Waals surface area contributed by atoms with Crippen molar-refractivity contribution in [2.45, 2.75) is 0 Å². The summed E-state index contributed by atoms with van der Waals surface area (Å²) in [6, 6.07) is 4.70. The third-order valence-corrected chi connectivity index (χ3v) is 2.61. The predicted molar refractivity (Wildman–Crippen MR) is 69.4 cm³/mol. The summed E-state index contributed by atoms with van der Waals surface area (Å²) >= 11 is 3.23. The first-order chi connectivity index (χ1) is 8.06. The van der Waals surface area contributed by atoms with Gasteiger partial charge in [-0.2, -0.15) is 0 Å². The second kappa shape index (κ2) is 6.36. The number of ether oxygens (including phenoxy) is 1. The molecule has 0 unspecified atom stereocenters. The Morgan fingerprint density at radius 1 is 1.65 bits per heavy atom. The summed E-state index contributed by atoms with van der Waals surface area (Å²) in [5.74, 6) is 0.231. The van der Waals surface area contributed by atoms with E-state index in [2.05, 4.69) is 27.8 Å². The van der Waals surface area contributed by atoms with Gasteiger partial charge in [-0.3, -0.25) is 10.1 Å². The van der Waals surface area contributed by atoms with Crippen LogP contribution in [0, 0.1) is 10.1 Å². The lowest BCUT2D eigenvalue weighted by atomic mass is 10.3. The molecule has 0 fully saturated rings. The van der Waals surface area contributed by atoms with Crippen LogP contribution in [0.4, 0.5) is 5.69 Å². The molecule has 6 heteroatoms. The molecule has 0 aliphatic carbocycles. The van der Waals surface area contributed by atoms with Crippen LogP contribution in [0.1, 0.15) is 0 Å². The van der Waals surface area contributed by atoms with E-state index in [1.165, 1.54) is 6.07 Å². The molecule has 0 atom stereocenters. The van der Waals surface area contributed by atoms with Crippen LogP contribution in [0.2, 0.25) is 0 Å². The van der Waals surface area contributed by atoms with E-state index in [0.717, 1.165) is 5.57 Å². The van der Waals surface area contributed by atoms with Gasteiger partial charge in [0.1, 0.15) is 6.61 Å². The smallest absolute Gasteiger partial charge is 0.312 e. The SMILES string of the molecule is C=C(CNC)COc1c(Br)cccc1[N+](=O)[O-]. The van der Waals surface area contributed by atoms with Crippen molar-refractivity contribution in [2.24, 2.45) is 0 Å². The Bertz CT molecular complexity index is 435. The van der Waals surface area contributed by atoms with Crippen molar-refractivity contribution in [2.75, 3.05) is 20.2 Å². The molecule has 0 bridgehead atoms. The first kappa shape index (κ1) is 13.7. The third-order valence-electron chi connectivity index (χ3n) is 1.99. The monoisotopic (exact) mass is 300 g/mol. The van der Waals surface area contributed by atoms with Gasteiger partial charge in [0.2, 0.25) is 5.75 Å². The van der Waals surface area contributed by atoms with Crippen LogP contribution in [0.15, 0.2) is 34.8 Å². The minimum Gasteiger partial charge on any atom is -0.481 e. The molecule has 0 aromatic heterocycles. The van der Waals surface area contributed by atoms with Gasteiger partial charge in [-0.05, 0) is 34.6 Å². The fraction of sp³-hybridized carbons (Fsp3) is 0.273. The van der Waals surface area contributed by atoms with Gasteiger partial charge >= 0.3 is 5.69 Å². The van der Waals surface area contributed by atoms with E-state index in [1.54, 1.807) is 19.2 Å². The van der Waals surface area contributed by atoms with Crippen molar-refractivity contribution >= 4 is 21.6 Å². The predicted octanol–water partition coefficient (Wildman–Crippen LogP) is 2.51. The van der Waals surface area contributed by atoms with Crippen LogP contribution < -0.4 is 10.1 Å². The van der Waals surface area contributed by atoms with Gasteiger partial charge in [-0.15, -0.1) is 0 Å². The van der Waals surface area contributed by atoms with Crippen molar-refractivity contribution < 1.29 is 9.66 Å². The molecule has 0 heterocycles. The second-order valence-corrected chi connectivity index (χ2v) is 4.27. The molecule has 1 aromatic carbocycles. The lowest BCUT2D eigenvalue weighted by Crippen LogP contribution is -2.15. The molecule has 0 radical (unpaired) electrons. The van der Waals surface area contributed by atoms with E-state index in [0.29, 0.717) is 11.0 Å². The molecular weight excluding hydrogens is 288 g/mol. The Hall–Kier alpha value is -1.40. The van der Waals surface area contributed by atoms with Crippen LogP contribution in [-0.4, -0.2) is 25.1 Å². The normalized spacial score (nSPS) is 10.0. The maximum Gasteiger partial charge on any atom is 0.312 e. The maximum atomic E-state index is 10.8.